The lowest BCUT2D eigenvalue weighted by Crippen LogP contribution is -2.60. The third-order valence-corrected chi connectivity index (χ3v) is 3.36. The Balaban J connectivity index is 2.14. The summed E-state index contributed by atoms with van der Waals surface area (Å²) < 4.78 is 15.2. The predicted octanol–water partition coefficient (Wildman–Crippen LogP) is -1.35. The minimum Gasteiger partial charge on any atom is -0.465 e. The molecule has 0 spiro atoms. The Labute approximate surface area is 126 Å². The Bertz CT molecular complexity index is 517. The van der Waals surface area contributed by atoms with E-state index in [1.807, 2.05) is 0 Å². The van der Waals surface area contributed by atoms with Crippen molar-refractivity contribution >= 4 is 5.97 Å². The molecule has 1 fully saturated rings. The average Bonchev–Trinajstić information content (AvgIpc) is 2.54. The number of hydrogen-bond donors (Lipinski definition) is 4. The van der Waals surface area contributed by atoms with Crippen LogP contribution in [-0.2, 0) is 9.47 Å². The summed E-state index contributed by atoms with van der Waals surface area (Å²) in [7, 11) is 1.24. The van der Waals surface area contributed by atoms with Crippen molar-refractivity contribution in [3.63, 3.8) is 0 Å². The molecule has 122 valence electrons. The molecule has 2 rings (SSSR count). The molecular weight excluding hydrogens is 296 g/mol. The molecule has 0 saturated carbocycles. The maximum absolute atomic E-state index is 11.5. The first-order valence-electron chi connectivity index (χ1n) is 6.63. The molecule has 0 amide bonds. The van der Waals surface area contributed by atoms with Crippen LogP contribution >= 0.6 is 0 Å². The van der Waals surface area contributed by atoms with Crippen LogP contribution in [0.1, 0.15) is 10.4 Å². The zero-order chi connectivity index (χ0) is 16.3. The van der Waals surface area contributed by atoms with Crippen LogP contribution in [0.2, 0.25) is 0 Å². The second-order valence-electron chi connectivity index (χ2n) is 4.83. The Hall–Kier alpha value is -1.71. The van der Waals surface area contributed by atoms with Crippen LogP contribution < -0.4 is 4.74 Å². The largest absolute Gasteiger partial charge is 0.465 e. The minimum absolute atomic E-state index is 0.201. The monoisotopic (exact) mass is 314 g/mol. The van der Waals surface area contributed by atoms with E-state index < -0.39 is 43.3 Å². The number of rotatable bonds is 4. The smallest absolute Gasteiger partial charge is 0.337 e. The van der Waals surface area contributed by atoms with Crippen molar-refractivity contribution in [1.29, 1.82) is 0 Å². The molecular formula is C14H18O8. The van der Waals surface area contributed by atoms with E-state index in [2.05, 4.69) is 4.74 Å². The van der Waals surface area contributed by atoms with E-state index in [0.717, 1.165) is 0 Å². The summed E-state index contributed by atoms with van der Waals surface area (Å²) >= 11 is 0. The van der Waals surface area contributed by atoms with Gasteiger partial charge >= 0.3 is 5.97 Å². The lowest BCUT2D eigenvalue weighted by atomic mass is 9.99. The Morgan fingerprint density at radius 1 is 1.23 bits per heavy atom. The summed E-state index contributed by atoms with van der Waals surface area (Å²) in [6.07, 6.45) is -6.86. The Morgan fingerprint density at radius 3 is 2.59 bits per heavy atom. The van der Waals surface area contributed by atoms with Gasteiger partial charge in [0.05, 0.1) is 19.3 Å². The van der Waals surface area contributed by atoms with E-state index in [1.54, 1.807) is 6.07 Å². The van der Waals surface area contributed by atoms with Crippen LogP contribution in [0.15, 0.2) is 24.3 Å². The molecule has 0 radical (unpaired) electrons. The maximum Gasteiger partial charge on any atom is 0.337 e. The Morgan fingerprint density at radius 2 is 1.95 bits per heavy atom. The predicted molar refractivity (Wildman–Crippen MR) is 72.2 cm³/mol. The molecule has 8 heteroatoms. The van der Waals surface area contributed by atoms with Crippen molar-refractivity contribution in [2.75, 3.05) is 13.7 Å². The average molecular weight is 314 g/mol. The molecule has 22 heavy (non-hydrogen) atoms. The van der Waals surface area contributed by atoms with Gasteiger partial charge in [-0.1, -0.05) is 6.07 Å². The van der Waals surface area contributed by atoms with Gasteiger partial charge in [-0.15, -0.1) is 0 Å². The summed E-state index contributed by atoms with van der Waals surface area (Å²) in [5.41, 5.74) is 0.240. The summed E-state index contributed by atoms with van der Waals surface area (Å²) in [5, 5.41) is 38.3. The zero-order valence-corrected chi connectivity index (χ0v) is 11.8. The second-order valence-corrected chi connectivity index (χ2v) is 4.83. The highest BCUT2D eigenvalue weighted by molar-refractivity contribution is 5.89. The highest BCUT2D eigenvalue weighted by Gasteiger charge is 2.44. The molecule has 5 atom stereocenters. The molecule has 1 aliphatic rings. The van der Waals surface area contributed by atoms with Gasteiger partial charge in [0.25, 0.3) is 0 Å². The standard InChI is InChI=1S/C14H18O8/c1-20-13(19)7-3-2-4-8(5-7)21-14-12(18)11(17)10(16)9(6-15)22-14/h2-5,9-12,14-18H,6H2,1H3/t9-,10-,11+,12-,14-/m1/s1. The minimum atomic E-state index is -1.53. The van der Waals surface area contributed by atoms with Crippen LogP contribution in [0.3, 0.4) is 0 Å². The van der Waals surface area contributed by atoms with E-state index >= 15 is 0 Å². The Kier molecular flexibility index (Phi) is 5.33. The van der Waals surface area contributed by atoms with Gasteiger partial charge < -0.3 is 34.6 Å². The first-order chi connectivity index (χ1) is 10.5. The van der Waals surface area contributed by atoms with Crippen LogP contribution in [0.4, 0.5) is 0 Å². The molecule has 0 bridgehead atoms. The molecule has 1 aromatic carbocycles. The van der Waals surface area contributed by atoms with E-state index in [0.29, 0.717) is 0 Å². The zero-order valence-electron chi connectivity index (χ0n) is 11.8. The maximum atomic E-state index is 11.5. The van der Waals surface area contributed by atoms with Crippen LogP contribution in [0.5, 0.6) is 5.75 Å². The van der Waals surface area contributed by atoms with Gasteiger partial charge in [-0.05, 0) is 18.2 Å². The number of carbonyl (C=O) groups is 1. The summed E-state index contributed by atoms with van der Waals surface area (Å²) in [6, 6.07) is 5.97. The summed E-state index contributed by atoms with van der Waals surface area (Å²) in [6.45, 7) is -0.549. The van der Waals surface area contributed by atoms with Crippen molar-refractivity contribution in [3.05, 3.63) is 29.8 Å². The lowest BCUT2D eigenvalue weighted by molar-refractivity contribution is -0.277. The van der Waals surface area contributed by atoms with Gasteiger partial charge in [0.15, 0.2) is 0 Å². The highest BCUT2D eigenvalue weighted by atomic mass is 16.7. The number of benzene rings is 1. The van der Waals surface area contributed by atoms with Gasteiger partial charge in [0.1, 0.15) is 30.2 Å². The van der Waals surface area contributed by atoms with Gasteiger partial charge in [0, 0.05) is 0 Å². The summed E-state index contributed by atoms with van der Waals surface area (Å²) in [5.74, 6) is -0.355. The van der Waals surface area contributed by atoms with Crippen LogP contribution in [0.25, 0.3) is 0 Å². The fourth-order valence-corrected chi connectivity index (χ4v) is 2.11. The van der Waals surface area contributed by atoms with Crippen molar-refractivity contribution in [2.24, 2.45) is 0 Å². The molecule has 0 unspecified atom stereocenters. The first kappa shape index (κ1) is 16.7. The SMILES string of the molecule is COC(=O)c1cccc(O[C@@H]2O[C@H](CO)[C@@H](O)[C@H](O)[C@H]2O)c1. The number of ether oxygens (including phenoxy) is 3. The fourth-order valence-electron chi connectivity index (χ4n) is 2.11. The van der Waals surface area contributed by atoms with E-state index in [-0.39, 0.29) is 11.3 Å². The van der Waals surface area contributed by atoms with Crippen molar-refractivity contribution in [3.8, 4) is 5.75 Å². The van der Waals surface area contributed by atoms with Crippen molar-refractivity contribution in [2.45, 2.75) is 30.7 Å². The van der Waals surface area contributed by atoms with E-state index in [4.69, 9.17) is 14.6 Å². The molecule has 4 N–H and O–H groups in total. The molecule has 1 saturated heterocycles. The molecule has 1 heterocycles. The van der Waals surface area contributed by atoms with Crippen molar-refractivity contribution in [1.82, 2.24) is 0 Å². The van der Waals surface area contributed by atoms with E-state index in [1.165, 1.54) is 25.3 Å². The first-order valence-corrected chi connectivity index (χ1v) is 6.63. The third kappa shape index (κ3) is 3.37. The van der Waals surface area contributed by atoms with Crippen LogP contribution in [-0.4, -0.2) is 70.8 Å². The molecule has 1 aliphatic heterocycles. The molecule has 0 aromatic heterocycles. The van der Waals surface area contributed by atoms with Gasteiger partial charge in [-0.3, -0.25) is 0 Å². The van der Waals surface area contributed by atoms with E-state index in [9.17, 15) is 20.1 Å². The molecule has 0 aliphatic carbocycles. The molecule has 8 nitrogen and oxygen atoms in total. The normalized spacial score (nSPS) is 31.6. The quantitative estimate of drug-likeness (QED) is 0.503. The number of aliphatic hydroxyl groups is 4. The second kappa shape index (κ2) is 7.03. The number of aliphatic hydroxyl groups excluding tert-OH is 4. The fraction of sp³-hybridized carbons (Fsp3) is 0.500. The van der Waals surface area contributed by atoms with Gasteiger partial charge in [-0.2, -0.15) is 0 Å². The third-order valence-electron chi connectivity index (χ3n) is 3.36. The number of methoxy groups -OCH3 is 1. The number of carbonyl (C=O) groups excluding carboxylic acids is 1. The van der Waals surface area contributed by atoms with Crippen molar-refractivity contribution < 1.29 is 39.4 Å². The number of hydrogen-bond acceptors (Lipinski definition) is 8. The van der Waals surface area contributed by atoms with Gasteiger partial charge in [0.2, 0.25) is 6.29 Å². The summed E-state index contributed by atoms with van der Waals surface area (Å²) in [4.78, 5) is 11.5. The van der Waals surface area contributed by atoms with Crippen LogP contribution in [0, 0.1) is 0 Å². The van der Waals surface area contributed by atoms with Gasteiger partial charge in [-0.25, -0.2) is 4.79 Å². The lowest BCUT2D eigenvalue weighted by Gasteiger charge is -2.39. The highest BCUT2D eigenvalue weighted by Crippen LogP contribution is 2.24. The topological polar surface area (TPSA) is 126 Å². The number of esters is 1. The molecule has 1 aromatic rings.